The number of hydrogen-bond donors (Lipinski definition) is 0. The van der Waals surface area contributed by atoms with Gasteiger partial charge in [0.05, 0.1) is 13.2 Å². The Balaban J connectivity index is -0.000000266. The van der Waals surface area contributed by atoms with Crippen molar-refractivity contribution in [3.8, 4) is 0 Å². The number of carbonyl (C=O) groups excluding carboxylic acids is 4. The Morgan fingerprint density at radius 1 is 0.727 bits per heavy atom. The van der Waals surface area contributed by atoms with Gasteiger partial charge in [-0.05, 0) is 27.7 Å². The van der Waals surface area contributed by atoms with Crippen molar-refractivity contribution < 1.29 is 31.5 Å². The minimum absolute atomic E-state index is 0.103. The van der Waals surface area contributed by atoms with Gasteiger partial charge in [0, 0.05) is 0 Å². The number of carbonyl (C=O) groups is 4. The normalized spacial score (nSPS) is 8.41. The average molecular weight is 422 g/mol. The van der Waals surface area contributed by atoms with E-state index >= 15 is 0 Å². The van der Waals surface area contributed by atoms with Crippen LogP contribution in [0.1, 0.15) is 47.5 Å². The topological polar surface area (TPSA) is 96.0 Å². The monoisotopic (exact) mass is 422 g/mol. The SMILES string of the molecule is CCOC(=O)CC(C)=O.CCOC(=O)CC(C)=O.CC[O][InH2]. The molecule has 7 nitrogen and oxygen atoms in total. The third kappa shape index (κ3) is 31.5. The van der Waals surface area contributed by atoms with E-state index in [1.54, 1.807) is 13.8 Å². The first-order valence-electron chi connectivity index (χ1n) is 7.03. The van der Waals surface area contributed by atoms with Crippen molar-refractivity contribution in [2.75, 3.05) is 19.8 Å². The summed E-state index contributed by atoms with van der Waals surface area (Å²) in [4.78, 5) is 41.3. The number of rotatable bonds is 7. The van der Waals surface area contributed by atoms with Crippen molar-refractivity contribution in [3.05, 3.63) is 0 Å². The van der Waals surface area contributed by atoms with Gasteiger partial charge in [0.2, 0.25) is 0 Å². The molecule has 0 radical (unpaired) electrons. The van der Waals surface area contributed by atoms with Gasteiger partial charge in [0.15, 0.2) is 0 Å². The molecule has 0 aliphatic rings. The summed E-state index contributed by atoms with van der Waals surface area (Å²) in [5.74, 6) is -1.20. The molecule has 128 valence electrons. The zero-order chi connectivity index (χ0) is 18.0. The Labute approximate surface area is 147 Å². The molecule has 0 rings (SSSR count). The predicted molar refractivity (Wildman–Crippen MR) is 84.0 cm³/mol. The van der Waals surface area contributed by atoms with Crippen LogP contribution in [0.15, 0.2) is 0 Å². The summed E-state index contributed by atoms with van der Waals surface area (Å²) in [7, 11) is 0. The molecule has 0 aliphatic heterocycles. The quantitative estimate of drug-likeness (QED) is 0.439. The van der Waals surface area contributed by atoms with Crippen LogP contribution >= 0.6 is 0 Å². The Morgan fingerprint density at radius 3 is 1.14 bits per heavy atom. The Morgan fingerprint density at radius 2 is 1.00 bits per heavy atom. The van der Waals surface area contributed by atoms with Gasteiger partial charge in [0.1, 0.15) is 24.4 Å². The molecule has 0 amide bonds. The van der Waals surface area contributed by atoms with E-state index in [1.807, 2.05) is 6.92 Å². The molecular weight excluding hydrogens is 395 g/mol. The number of esters is 2. The van der Waals surface area contributed by atoms with Crippen molar-refractivity contribution >= 4 is 48.3 Å². The van der Waals surface area contributed by atoms with E-state index in [9.17, 15) is 19.2 Å². The number of Topliss-reactive ketones (excluding diaryl/α,β-unsaturated/α-hetero) is 2. The minimum atomic E-state index is -0.440. The van der Waals surface area contributed by atoms with Gasteiger partial charge in [-0.15, -0.1) is 0 Å². The molecular formula is C14H27InO7. The molecule has 0 heterocycles. The van der Waals surface area contributed by atoms with Crippen LogP contribution in [0.2, 0.25) is 0 Å². The van der Waals surface area contributed by atoms with Crippen LogP contribution in [-0.2, 0) is 31.5 Å². The van der Waals surface area contributed by atoms with E-state index in [1.165, 1.54) is 13.8 Å². The first-order chi connectivity index (χ1) is 10.2. The fraction of sp³-hybridized carbons (Fsp3) is 0.714. The van der Waals surface area contributed by atoms with Crippen LogP contribution in [-0.4, -0.2) is 68.1 Å². The van der Waals surface area contributed by atoms with Crippen LogP contribution in [0.4, 0.5) is 0 Å². The molecule has 0 spiro atoms. The van der Waals surface area contributed by atoms with Crippen LogP contribution in [0, 0.1) is 0 Å². The van der Waals surface area contributed by atoms with Crippen molar-refractivity contribution in [3.63, 3.8) is 0 Å². The van der Waals surface area contributed by atoms with E-state index in [-0.39, 0.29) is 24.4 Å². The molecule has 0 aromatic carbocycles. The van der Waals surface area contributed by atoms with Crippen molar-refractivity contribution in [2.45, 2.75) is 47.5 Å². The molecule has 0 aromatic rings. The van der Waals surface area contributed by atoms with Gasteiger partial charge in [-0.3, -0.25) is 19.2 Å². The van der Waals surface area contributed by atoms with Crippen LogP contribution < -0.4 is 0 Å². The molecule has 22 heavy (non-hydrogen) atoms. The summed E-state index contributed by atoms with van der Waals surface area (Å²) in [5, 5.41) is 0. The van der Waals surface area contributed by atoms with E-state index in [2.05, 4.69) is 9.47 Å². The first kappa shape index (κ1) is 26.0. The molecule has 0 fully saturated rings. The molecule has 0 aromatic heterocycles. The van der Waals surface area contributed by atoms with Gasteiger partial charge >= 0.3 is 53.1 Å². The molecule has 0 bridgehead atoms. The fourth-order valence-corrected chi connectivity index (χ4v) is 0.831. The summed E-state index contributed by atoms with van der Waals surface area (Å²) in [5.41, 5.74) is 0. The number of ether oxygens (including phenoxy) is 2. The second-order valence-electron chi connectivity index (χ2n) is 3.94. The first-order valence-corrected chi connectivity index (χ1v) is 9.36. The molecule has 8 heteroatoms. The third-order valence-electron chi connectivity index (χ3n) is 1.69. The van der Waals surface area contributed by atoms with Crippen molar-refractivity contribution in [2.24, 2.45) is 0 Å². The van der Waals surface area contributed by atoms with E-state index in [0.29, 0.717) is 38.0 Å². The molecule has 0 atom stereocenters. The molecule has 0 aliphatic carbocycles. The average Bonchev–Trinajstić information content (AvgIpc) is 2.38. The Kier molecular flexibility index (Phi) is 23.8. The van der Waals surface area contributed by atoms with Crippen molar-refractivity contribution in [1.29, 1.82) is 0 Å². The van der Waals surface area contributed by atoms with Gasteiger partial charge < -0.3 is 9.47 Å². The molecule has 0 saturated carbocycles. The van der Waals surface area contributed by atoms with E-state index in [0.717, 1.165) is 6.61 Å². The maximum absolute atomic E-state index is 10.4. The molecule has 0 saturated heterocycles. The fourth-order valence-electron chi connectivity index (χ4n) is 0.831. The van der Waals surface area contributed by atoms with Gasteiger partial charge in [-0.1, -0.05) is 0 Å². The summed E-state index contributed by atoms with van der Waals surface area (Å²) < 4.78 is 13.7. The summed E-state index contributed by atoms with van der Waals surface area (Å²) >= 11 is 0.485. The number of ketones is 2. The van der Waals surface area contributed by atoms with Crippen LogP contribution in [0.25, 0.3) is 0 Å². The second kappa shape index (κ2) is 20.1. The summed E-state index contributed by atoms with van der Waals surface area (Å²) in [6, 6.07) is 0. The third-order valence-corrected chi connectivity index (χ3v) is 3.33. The number of hydrogen-bond acceptors (Lipinski definition) is 7. The van der Waals surface area contributed by atoms with Gasteiger partial charge in [-0.2, -0.15) is 0 Å². The molecule has 0 N–H and O–H groups in total. The standard InChI is InChI=1S/2C6H10O3.C2H5O.In.2H/c2*1-3-9-6(8)4-5(2)7;1-2-3;;;/h2*3-4H2,1-2H3;2H2,1H3;;;/q;;-1;+1;;. The van der Waals surface area contributed by atoms with E-state index in [4.69, 9.17) is 2.85 Å². The Bertz CT molecular complexity index is 297. The van der Waals surface area contributed by atoms with Crippen LogP contribution in [0.3, 0.4) is 0 Å². The van der Waals surface area contributed by atoms with Crippen molar-refractivity contribution in [1.82, 2.24) is 0 Å². The predicted octanol–water partition coefficient (Wildman–Crippen LogP) is 0.628. The molecule has 0 unspecified atom stereocenters. The van der Waals surface area contributed by atoms with Crippen LogP contribution in [0.5, 0.6) is 0 Å². The summed E-state index contributed by atoms with van der Waals surface area (Å²) in [6.45, 7) is 9.73. The Hall–Kier alpha value is -0.890. The maximum atomic E-state index is 10.4. The summed E-state index contributed by atoms with van der Waals surface area (Å²) in [6.07, 6.45) is -0.207. The van der Waals surface area contributed by atoms with Gasteiger partial charge in [0.25, 0.3) is 0 Å². The zero-order valence-electron chi connectivity index (χ0n) is 14.4. The van der Waals surface area contributed by atoms with E-state index < -0.39 is 11.9 Å². The second-order valence-corrected chi connectivity index (χ2v) is 5.59. The van der Waals surface area contributed by atoms with Gasteiger partial charge in [-0.25, -0.2) is 0 Å². The zero-order valence-corrected chi connectivity index (χ0v) is 20.1.